The van der Waals surface area contributed by atoms with Gasteiger partial charge in [-0.25, -0.2) is 18.7 Å². The lowest BCUT2D eigenvalue weighted by Gasteiger charge is -2.28. The summed E-state index contributed by atoms with van der Waals surface area (Å²) in [6.07, 6.45) is 4.92. The van der Waals surface area contributed by atoms with Crippen molar-refractivity contribution in [3.63, 3.8) is 0 Å². The smallest absolute Gasteiger partial charge is 0.165 e. The Labute approximate surface area is 184 Å². The third kappa shape index (κ3) is 4.94. The highest BCUT2D eigenvalue weighted by Gasteiger charge is 2.26. The zero-order valence-electron chi connectivity index (χ0n) is 16.9. The minimum Gasteiger partial charge on any atom is -0.384 e. The van der Waals surface area contributed by atoms with Crippen LogP contribution in [0.15, 0.2) is 42.6 Å². The molecule has 4 rings (SSSR count). The lowest BCUT2D eigenvalue weighted by molar-refractivity contribution is 0.394. The molecule has 1 aromatic carbocycles. The van der Waals surface area contributed by atoms with E-state index in [0.29, 0.717) is 27.7 Å². The molecule has 3 aromatic rings. The molecule has 1 saturated carbocycles. The number of hydrogen-bond acceptors (Lipinski definition) is 5. The van der Waals surface area contributed by atoms with Crippen LogP contribution in [0.4, 0.5) is 20.4 Å². The fourth-order valence-electron chi connectivity index (χ4n) is 4.05. The van der Waals surface area contributed by atoms with Gasteiger partial charge in [0.05, 0.1) is 10.7 Å². The molecule has 0 radical (unpaired) electrons. The average molecular weight is 444 g/mol. The monoisotopic (exact) mass is 443 g/mol. The number of rotatable bonds is 5. The number of pyridine rings is 2. The molecular formula is C23H24ClF2N5. The van der Waals surface area contributed by atoms with E-state index in [1.54, 1.807) is 18.2 Å². The molecule has 1 aliphatic carbocycles. The quantitative estimate of drug-likeness (QED) is 0.500. The van der Waals surface area contributed by atoms with E-state index >= 15 is 4.39 Å². The van der Waals surface area contributed by atoms with Gasteiger partial charge in [0.25, 0.3) is 0 Å². The van der Waals surface area contributed by atoms with Gasteiger partial charge in [-0.3, -0.25) is 0 Å². The molecule has 0 amide bonds. The van der Waals surface area contributed by atoms with Crippen LogP contribution in [0.3, 0.4) is 0 Å². The Morgan fingerprint density at radius 1 is 1.10 bits per heavy atom. The first kappa shape index (κ1) is 21.5. The standard InChI is InChI=1S/C23H24ClF2N5/c24-19-12-29-21(28)10-18(19)22-17(14-4-6-16(27)7-5-14)9-20(26)23(31-22)30-11-13-2-1-3-15(25)8-13/h1-3,8-10,12,14,16H,4-7,11,27H2,(H2,28,29)(H,30,31)/t14-,16-. The zero-order chi connectivity index (χ0) is 22.0. The molecule has 8 heteroatoms. The summed E-state index contributed by atoms with van der Waals surface area (Å²) in [6.45, 7) is 0.227. The predicted molar refractivity (Wildman–Crippen MR) is 120 cm³/mol. The summed E-state index contributed by atoms with van der Waals surface area (Å²) in [4.78, 5) is 8.61. The molecule has 0 saturated heterocycles. The molecular weight excluding hydrogens is 420 g/mol. The number of aromatic nitrogens is 2. The van der Waals surface area contributed by atoms with E-state index in [2.05, 4.69) is 15.3 Å². The van der Waals surface area contributed by atoms with E-state index in [1.807, 2.05) is 0 Å². The van der Waals surface area contributed by atoms with Crippen LogP contribution in [0.5, 0.6) is 0 Å². The van der Waals surface area contributed by atoms with E-state index in [-0.39, 0.29) is 30.1 Å². The van der Waals surface area contributed by atoms with Crippen molar-refractivity contribution in [2.45, 2.75) is 44.2 Å². The molecule has 5 nitrogen and oxygen atoms in total. The highest BCUT2D eigenvalue weighted by Crippen LogP contribution is 2.40. The van der Waals surface area contributed by atoms with E-state index in [0.717, 1.165) is 31.2 Å². The highest BCUT2D eigenvalue weighted by atomic mass is 35.5. The zero-order valence-corrected chi connectivity index (χ0v) is 17.7. The number of anilines is 2. The number of nitrogens with two attached hydrogens (primary N) is 2. The van der Waals surface area contributed by atoms with Crippen molar-refractivity contribution in [2.24, 2.45) is 5.73 Å². The highest BCUT2D eigenvalue weighted by molar-refractivity contribution is 6.33. The Morgan fingerprint density at radius 3 is 2.61 bits per heavy atom. The summed E-state index contributed by atoms with van der Waals surface area (Å²) >= 11 is 6.41. The van der Waals surface area contributed by atoms with Gasteiger partial charge in [0.2, 0.25) is 0 Å². The number of nitrogens with zero attached hydrogens (tertiary/aromatic N) is 2. The Bertz CT molecular complexity index is 1080. The van der Waals surface area contributed by atoms with Crippen molar-refractivity contribution in [1.82, 2.24) is 9.97 Å². The van der Waals surface area contributed by atoms with Gasteiger partial charge in [-0.15, -0.1) is 0 Å². The normalized spacial score (nSPS) is 18.7. The number of halogens is 3. The van der Waals surface area contributed by atoms with Crippen molar-refractivity contribution in [2.75, 3.05) is 11.1 Å². The predicted octanol–water partition coefficient (Wildman–Crippen LogP) is 5.25. The van der Waals surface area contributed by atoms with E-state index in [9.17, 15) is 4.39 Å². The van der Waals surface area contributed by atoms with Crippen LogP contribution in [0.2, 0.25) is 5.02 Å². The first-order chi connectivity index (χ1) is 14.9. The van der Waals surface area contributed by atoms with Gasteiger partial charge >= 0.3 is 0 Å². The van der Waals surface area contributed by atoms with Gasteiger partial charge in [-0.05, 0) is 67.0 Å². The van der Waals surface area contributed by atoms with E-state index < -0.39 is 5.82 Å². The van der Waals surface area contributed by atoms with Crippen LogP contribution in [0.25, 0.3) is 11.3 Å². The van der Waals surface area contributed by atoms with Crippen LogP contribution in [-0.2, 0) is 6.54 Å². The molecule has 0 atom stereocenters. The van der Waals surface area contributed by atoms with E-state index in [4.69, 9.17) is 23.1 Å². The second-order valence-electron chi connectivity index (χ2n) is 7.94. The van der Waals surface area contributed by atoms with Gasteiger partial charge in [0.15, 0.2) is 11.6 Å². The summed E-state index contributed by atoms with van der Waals surface area (Å²) < 4.78 is 28.5. The van der Waals surface area contributed by atoms with Gasteiger partial charge in [0.1, 0.15) is 11.6 Å². The molecule has 31 heavy (non-hydrogen) atoms. The fraction of sp³-hybridized carbons (Fsp3) is 0.304. The molecule has 1 fully saturated rings. The van der Waals surface area contributed by atoms with Crippen LogP contribution in [0.1, 0.15) is 42.7 Å². The van der Waals surface area contributed by atoms with Crippen LogP contribution < -0.4 is 16.8 Å². The van der Waals surface area contributed by atoms with Crippen molar-refractivity contribution < 1.29 is 8.78 Å². The van der Waals surface area contributed by atoms with Gasteiger partial charge in [0, 0.05) is 24.3 Å². The minimum absolute atomic E-state index is 0.0713. The maximum Gasteiger partial charge on any atom is 0.165 e. The molecule has 0 bridgehead atoms. The third-order valence-corrected chi connectivity index (χ3v) is 6.00. The van der Waals surface area contributed by atoms with Gasteiger partial charge in [-0.2, -0.15) is 0 Å². The minimum atomic E-state index is -0.469. The maximum absolute atomic E-state index is 15.0. The lowest BCUT2D eigenvalue weighted by atomic mass is 9.80. The summed E-state index contributed by atoms with van der Waals surface area (Å²) in [5, 5.41) is 3.36. The van der Waals surface area contributed by atoms with Crippen LogP contribution in [-0.4, -0.2) is 16.0 Å². The van der Waals surface area contributed by atoms with Crippen molar-refractivity contribution in [1.29, 1.82) is 0 Å². The van der Waals surface area contributed by atoms with Gasteiger partial charge in [-0.1, -0.05) is 23.7 Å². The second-order valence-corrected chi connectivity index (χ2v) is 8.35. The molecule has 5 N–H and O–H groups in total. The summed E-state index contributed by atoms with van der Waals surface area (Å²) in [6, 6.07) is 9.46. The van der Waals surface area contributed by atoms with Crippen molar-refractivity contribution in [3.8, 4) is 11.3 Å². The maximum atomic E-state index is 15.0. The van der Waals surface area contributed by atoms with Crippen molar-refractivity contribution in [3.05, 3.63) is 70.4 Å². The number of nitrogen functional groups attached to an aromatic ring is 1. The Balaban J connectivity index is 1.73. The molecule has 0 unspecified atom stereocenters. The second kappa shape index (κ2) is 9.16. The summed E-state index contributed by atoms with van der Waals surface area (Å²) in [5.74, 6) is -0.320. The third-order valence-electron chi connectivity index (χ3n) is 5.70. The van der Waals surface area contributed by atoms with Crippen molar-refractivity contribution >= 4 is 23.2 Å². The van der Waals surface area contributed by atoms with Gasteiger partial charge < -0.3 is 16.8 Å². The number of nitrogens with one attached hydrogen (secondary N) is 1. The lowest BCUT2D eigenvalue weighted by Crippen LogP contribution is -2.26. The Kier molecular flexibility index (Phi) is 6.34. The molecule has 1 aliphatic rings. The largest absolute Gasteiger partial charge is 0.384 e. The first-order valence-electron chi connectivity index (χ1n) is 10.3. The molecule has 0 spiro atoms. The topological polar surface area (TPSA) is 89.8 Å². The number of benzene rings is 1. The van der Waals surface area contributed by atoms with Crippen LogP contribution >= 0.6 is 11.6 Å². The fourth-order valence-corrected chi connectivity index (χ4v) is 4.25. The molecule has 0 aliphatic heterocycles. The summed E-state index contributed by atoms with van der Waals surface area (Å²) in [5.41, 5.74) is 14.6. The van der Waals surface area contributed by atoms with Crippen LogP contribution in [0, 0.1) is 11.6 Å². The van der Waals surface area contributed by atoms with E-state index in [1.165, 1.54) is 24.4 Å². The SMILES string of the molecule is Nc1cc(-c2nc(NCc3cccc(F)c3)c(F)cc2[C@H]2CC[C@H](N)CC2)c(Cl)cn1. The average Bonchev–Trinajstić information content (AvgIpc) is 2.75. The molecule has 2 aromatic heterocycles. The summed E-state index contributed by atoms with van der Waals surface area (Å²) in [7, 11) is 0. The first-order valence-corrected chi connectivity index (χ1v) is 10.6. The Morgan fingerprint density at radius 2 is 1.87 bits per heavy atom. The number of hydrogen-bond donors (Lipinski definition) is 3. The molecule has 162 valence electrons. The Hall–Kier alpha value is -2.77. The molecule has 2 heterocycles.